The molecule has 2 N–H and O–H groups in total. The lowest BCUT2D eigenvalue weighted by Crippen LogP contribution is -2.27. The predicted octanol–water partition coefficient (Wildman–Crippen LogP) is 5.03. The second-order valence-corrected chi connectivity index (χ2v) is 9.15. The maximum atomic E-state index is 14.4. The number of hydrogen-bond acceptors (Lipinski definition) is 9. The average Bonchev–Trinajstić information content (AvgIpc) is 3.03. The van der Waals surface area contributed by atoms with Gasteiger partial charge in [-0.05, 0) is 60.2 Å². The molecule has 0 amide bonds. The van der Waals surface area contributed by atoms with E-state index < -0.39 is 11.5 Å². The molecule has 0 saturated heterocycles. The third kappa shape index (κ3) is 5.05. The Morgan fingerprint density at radius 2 is 1.57 bits per heavy atom. The van der Waals surface area contributed by atoms with Crippen molar-refractivity contribution in [1.29, 1.82) is 0 Å². The number of nitrogens with zero attached hydrogens (tertiary/aromatic N) is 2. The number of ether oxygens (including phenoxy) is 5. The van der Waals surface area contributed by atoms with E-state index in [1.807, 2.05) is 18.2 Å². The number of aromatic nitrogens is 2. The Kier molecular flexibility index (Phi) is 7.96. The van der Waals surface area contributed by atoms with Gasteiger partial charge in [0.25, 0.3) is 5.56 Å². The van der Waals surface area contributed by atoms with Crippen LogP contribution in [0.4, 0.5) is 5.69 Å². The molecule has 0 aliphatic rings. The Morgan fingerprint density at radius 3 is 2.17 bits per heavy atom. The molecule has 3 aromatic carbocycles. The van der Waals surface area contributed by atoms with Crippen molar-refractivity contribution in [3.8, 4) is 39.8 Å². The molecule has 5 aromatic rings. The van der Waals surface area contributed by atoms with E-state index in [9.17, 15) is 9.59 Å². The molecule has 214 valence electrons. The van der Waals surface area contributed by atoms with Crippen LogP contribution in [-0.2, 0) is 11.3 Å². The van der Waals surface area contributed by atoms with Gasteiger partial charge in [-0.1, -0.05) is 18.2 Å². The van der Waals surface area contributed by atoms with E-state index in [4.69, 9.17) is 29.4 Å². The zero-order chi connectivity index (χ0) is 29.8. The first kappa shape index (κ1) is 28.0. The molecule has 0 atom stereocenters. The summed E-state index contributed by atoms with van der Waals surface area (Å²) in [6.07, 6.45) is 1.67. The summed E-state index contributed by atoms with van der Waals surface area (Å²) >= 11 is 0. The van der Waals surface area contributed by atoms with E-state index in [0.29, 0.717) is 56.6 Å². The monoisotopic (exact) mass is 567 g/mol. The van der Waals surface area contributed by atoms with E-state index >= 15 is 0 Å². The summed E-state index contributed by atoms with van der Waals surface area (Å²) in [5.41, 5.74) is 7.96. The van der Waals surface area contributed by atoms with Crippen molar-refractivity contribution >= 4 is 22.4 Å². The lowest BCUT2D eigenvalue weighted by atomic mass is 9.95. The summed E-state index contributed by atoms with van der Waals surface area (Å²) in [6, 6.07) is 20.7. The molecular weight excluding hydrogens is 538 g/mol. The quantitative estimate of drug-likeness (QED) is 0.193. The summed E-state index contributed by atoms with van der Waals surface area (Å²) in [4.78, 5) is 32.3. The SMILES string of the molecule is COC(=O)c1c(-c2cc(OC)c(OC)c(OC)c2)c2cccc(OCc3ccccn3)c2c(=O)n1-c1ccc(N)cc1. The van der Waals surface area contributed by atoms with Gasteiger partial charge in [-0.15, -0.1) is 0 Å². The van der Waals surface area contributed by atoms with Gasteiger partial charge in [-0.25, -0.2) is 4.79 Å². The maximum Gasteiger partial charge on any atom is 0.355 e. The summed E-state index contributed by atoms with van der Waals surface area (Å²) in [7, 11) is 5.76. The molecule has 0 bridgehead atoms. The molecule has 0 fully saturated rings. The number of carbonyl (C=O) groups excluding carboxylic acids is 1. The first-order chi connectivity index (χ1) is 20.4. The van der Waals surface area contributed by atoms with Gasteiger partial charge >= 0.3 is 5.97 Å². The van der Waals surface area contributed by atoms with Gasteiger partial charge < -0.3 is 29.4 Å². The van der Waals surface area contributed by atoms with Crippen LogP contribution in [-0.4, -0.2) is 44.0 Å². The molecule has 2 aromatic heterocycles. The number of esters is 1. The van der Waals surface area contributed by atoms with E-state index in [1.54, 1.807) is 60.8 Å². The van der Waals surface area contributed by atoms with Gasteiger partial charge in [0.05, 0.1) is 39.5 Å². The van der Waals surface area contributed by atoms with Gasteiger partial charge in [0.15, 0.2) is 11.5 Å². The highest BCUT2D eigenvalue weighted by Gasteiger charge is 2.28. The van der Waals surface area contributed by atoms with Crippen LogP contribution in [0.1, 0.15) is 16.2 Å². The lowest BCUT2D eigenvalue weighted by Gasteiger charge is -2.21. The molecular formula is C32H29N3O7. The zero-order valence-corrected chi connectivity index (χ0v) is 23.5. The summed E-state index contributed by atoms with van der Waals surface area (Å²) in [6.45, 7) is 0.125. The fourth-order valence-corrected chi connectivity index (χ4v) is 4.85. The number of nitrogen functional groups attached to an aromatic ring is 1. The molecule has 2 heterocycles. The van der Waals surface area contributed by atoms with Crippen LogP contribution < -0.4 is 30.2 Å². The van der Waals surface area contributed by atoms with Gasteiger partial charge in [0.2, 0.25) is 5.75 Å². The molecule has 0 aliphatic carbocycles. The minimum Gasteiger partial charge on any atom is -0.493 e. The van der Waals surface area contributed by atoms with Crippen LogP contribution in [0.15, 0.2) is 83.8 Å². The van der Waals surface area contributed by atoms with Crippen LogP contribution in [0.25, 0.3) is 27.6 Å². The number of benzene rings is 3. The Hall–Kier alpha value is -5.51. The van der Waals surface area contributed by atoms with Crippen LogP contribution >= 0.6 is 0 Å². The fourth-order valence-electron chi connectivity index (χ4n) is 4.85. The number of rotatable bonds is 9. The molecule has 10 heteroatoms. The highest BCUT2D eigenvalue weighted by Crippen LogP contribution is 2.44. The minimum atomic E-state index is -0.727. The fraction of sp³-hybridized carbons (Fsp3) is 0.156. The van der Waals surface area contributed by atoms with Crippen LogP contribution in [0, 0.1) is 0 Å². The lowest BCUT2D eigenvalue weighted by molar-refractivity contribution is 0.0591. The smallest absolute Gasteiger partial charge is 0.355 e. The molecule has 0 radical (unpaired) electrons. The Labute approximate surface area is 241 Å². The third-order valence-electron chi connectivity index (χ3n) is 6.76. The van der Waals surface area contributed by atoms with Gasteiger partial charge in [0.1, 0.15) is 18.1 Å². The van der Waals surface area contributed by atoms with Crippen LogP contribution in [0.3, 0.4) is 0 Å². The van der Waals surface area contributed by atoms with Crippen molar-refractivity contribution < 1.29 is 28.5 Å². The molecule has 0 unspecified atom stereocenters. The second-order valence-electron chi connectivity index (χ2n) is 9.15. The van der Waals surface area contributed by atoms with E-state index in [1.165, 1.54) is 33.0 Å². The molecule has 42 heavy (non-hydrogen) atoms. The predicted molar refractivity (Wildman–Crippen MR) is 159 cm³/mol. The molecule has 10 nitrogen and oxygen atoms in total. The van der Waals surface area contributed by atoms with Crippen molar-refractivity contribution in [3.63, 3.8) is 0 Å². The molecule has 0 saturated carbocycles. The van der Waals surface area contributed by atoms with E-state index in [0.717, 1.165) is 0 Å². The van der Waals surface area contributed by atoms with Crippen molar-refractivity contribution in [2.75, 3.05) is 34.2 Å². The average molecular weight is 568 g/mol. The highest BCUT2D eigenvalue weighted by molar-refractivity contribution is 6.09. The summed E-state index contributed by atoms with van der Waals surface area (Å²) in [5, 5.41) is 0.710. The third-order valence-corrected chi connectivity index (χ3v) is 6.76. The summed E-state index contributed by atoms with van der Waals surface area (Å²) in [5.74, 6) is 0.693. The maximum absolute atomic E-state index is 14.4. The number of pyridine rings is 2. The molecule has 0 spiro atoms. The van der Waals surface area contributed by atoms with Crippen molar-refractivity contribution in [2.24, 2.45) is 0 Å². The van der Waals surface area contributed by atoms with E-state index in [-0.39, 0.29) is 17.7 Å². The van der Waals surface area contributed by atoms with Crippen molar-refractivity contribution in [3.05, 3.63) is 101 Å². The number of carbonyl (C=O) groups is 1. The van der Waals surface area contributed by atoms with Crippen LogP contribution in [0.5, 0.6) is 23.0 Å². The number of hydrogen-bond donors (Lipinski definition) is 1. The largest absolute Gasteiger partial charge is 0.493 e. The summed E-state index contributed by atoms with van der Waals surface area (Å²) < 4.78 is 29.4. The van der Waals surface area contributed by atoms with Gasteiger partial charge in [-0.2, -0.15) is 0 Å². The standard InChI is InChI=1S/C32H29N3O7/c1-38-25-16-19(17-26(39-2)30(25)40-3)27-23-9-7-10-24(42-18-21-8-5-6-15-34-21)28(23)31(36)35(29(27)32(37)41-4)22-13-11-20(33)12-14-22/h5-17H,18,33H2,1-4H3. The van der Waals surface area contributed by atoms with Crippen LogP contribution in [0.2, 0.25) is 0 Å². The number of methoxy groups -OCH3 is 4. The molecule has 5 rings (SSSR count). The Morgan fingerprint density at radius 1 is 0.857 bits per heavy atom. The van der Waals surface area contributed by atoms with Crippen molar-refractivity contribution in [1.82, 2.24) is 9.55 Å². The number of fused-ring (bicyclic) bond motifs is 1. The van der Waals surface area contributed by atoms with Gasteiger partial charge in [-0.3, -0.25) is 14.3 Å². The normalized spacial score (nSPS) is 10.8. The number of anilines is 1. The first-order valence-corrected chi connectivity index (χ1v) is 12.9. The van der Waals surface area contributed by atoms with Crippen molar-refractivity contribution in [2.45, 2.75) is 6.61 Å². The highest BCUT2D eigenvalue weighted by atomic mass is 16.5. The van der Waals surface area contributed by atoms with E-state index in [2.05, 4.69) is 4.98 Å². The number of nitrogens with two attached hydrogens (primary N) is 1. The first-order valence-electron chi connectivity index (χ1n) is 12.9. The topological polar surface area (TPSA) is 124 Å². The second kappa shape index (κ2) is 11.9. The Balaban J connectivity index is 1.91. The zero-order valence-electron chi connectivity index (χ0n) is 23.5. The minimum absolute atomic E-state index is 0.00378. The molecule has 0 aliphatic heterocycles. The Bertz CT molecular complexity index is 1790. The van der Waals surface area contributed by atoms with Gasteiger partial charge in [0, 0.05) is 28.5 Å².